The molecule has 1 aromatic heterocycles. The molecule has 0 bridgehead atoms. The lowest BCUT2D eigenvalue weighted by molar-refractivity contribution is -0.134. The van der Waals surface area contributed by atoms with E-state index in [1.54, 1.807) is 17.0 Å². The minimum atomic E-state index is -3.51. The number of amides is 1. The number of carbonyl (C=O) groups excluding carboxylic acids is 1. The van der Waals surface area contributed by atoms with Crippen molar-refractivity contribution in [2.75, 3.05) is 45.8 Å². The lowest BCUT2D eigenvalue weighted by Gasteiger charge is -2.38. The normalized spacial score (nSPS) is 26.2. The Morgan fingerprint density at radius 1 is 1.15 bits per heavy atom. The summed E-state index contributed by atoms with van der Waals surface area (Å²) in [7, 11) is -3.51. The third-order valence-electron chi connectivity index (χ3n) is 5.04. The second-order valence-corrected chi connectivity index (χ2v) is 11.4. The van der Waals surface area contributed by atoms with Crippen LogP contribution in [-0.4, -0.2) is 74.2 Å². The van der Waals surface area contributed by atoms with Crippen LogP contribution in [0, 0.1) is 11.8 Å². The van der Waals surface area contributed by atoms with E-state index in [1.807, 2.05) is 0 Å². The number of piperidine rings is 1. The largest absolute Gasteiger partial charge is 0.339 e. The van der Waals surface area contributed by atoms with Crippen LogP contribution in [0.1, 0.15) is 20.3 Å². The van der Waals surface area contributed by atoms with Crippen LogP contribution >= 0.6 is 22.9 Å². The smallest absolute Gasteiger partial charge is 0.252 e. The number of carbonyl (C=O) groups is 1. The number of hydrogen-bond acceptors (Lipinski definition) is 5. The van der Waals surface area contributed by atoms with E-state index in [4.69, 9.17) is 11.6 Å². The molecule has 2 aliphatic rings. The molecule has 1 amide bonds. The molecule has 0 saturated carbocycles. The van der Waals surface area contributed by atoms with Crippen LogP contribution in [0.4, 0.5) is 0 Å². The van der Waals surface area contributed by atoms with E-state index < -0.39 is 10.0 Å². The Hall–Kier alpha value is -0.670. The topological polar surface area (TPSA) is 60.9 Å². The van der Waals surface area contributed by atoms with Crippen LogP contribution in [-0.2, 0) is 14.8 Å². The molecule has 2 unspecified atom stereocenters. The summed E-state index contributed by atoms with van der Waals surface area (Å²) in [6.45, 7) is 8.36. The fourth-order valence-corrected chi connectivity index (χ4v) is 7.01. The monoisotopic (exact) mass is 419 g/mol. The fourth-order valence-electron chi connectivity index (χ4n) is 3.95. The maximum absolute atomic E-state index is 12.6. The first-order valence-electron chi connectivity index (χ1n) is 9.01. The Labute approximate surface area is 164 Å². The van der Waals surface area contributed by atoms with E-state index in [9.17, 15) is 13.2 Å². The van der Waals surface area contributed by atoms with Gasteiger partial charge in [0.05, 0.1) is 10.9 Å². The van der Waals surface area contributed by atoms with E-state index in [1.165, 1.54) is 10.7 Å². The molecule has 2 aliphatic heterocycles. The van der Waals surface area contributed by atoms with E-state index >= 15 is 0 Å². The lowest BCUT2D eigenvalue weighted by Crippen LogP contribution is -2.53. The number of piperazine rings is 1. The third-order valence-corrected chi connectivity index (χ3v) is 8.63. The van der Waals surface area contributed by atoms with Gasteiger partial charge in [0.2, 0.25) is 5.91 Å². The molecule has 3 heterocycles. The molecule has 0 aromatic carbocycles. The molecule has 0 N–H and O–H groups in total. The van der Waals surface area contributed by atoms with Crippen LogP contribution in [0.5, 0.6) is 0 Å². The predicted octanol–water partition coefficient (Wildman–Crippen LogP) is 2.21. The average Bonchev–Trinajstić information content (AvgIpc) is 3.01. The number of rotatable bonds is 4. The summed E-state index contributed by atoms with van der Waals surface area (Å²) in [5.41, 5.74) is 0. The van der Waals surface area contributed by atoms with Crippen molar-refractivity contribution in [1.29, 1.82) is 0 Å². The van der Waals surface area contributed by atoms with Crippen molar-refractivity contribution in [3.63, 3.8) is 0 Å². The molecule has 146 valence electrons. The highest BCUT2D eigenvalue weighted by Crippen LogP contribution is 2.28. The molecule has 6 nitrogen and oxygen atoms in total. The summed E-state index contributed by atoms with van der Waals surface area (Å²) in [4.78, 5) is 16.6. The first-order chi connectivity index (χ1) is 12.3. The minimum absolute atomic E-state index is 0.0996. The van der Waals surface area contributed by atoms with Crippen molar-refractivity contribution in [2.24, 2.45) is 11.8 Å². The Balaban J connectivity index is 1.54. The van der Waals surface area contributed by atoms with Crippen LogP contribution < -0.4 is 0 Å². The highest BCUT2D eigenvalue weighted by Gasteiger charge is 2.32. The molecule has 2 saturated heterocycles. The summed E-state index contributed by atoms with van der Waals surface area (Å²) < 4.78 is 27.4. The van der Waals surface area contributed by atoms with Crippen molar-refractivity contribution in [3.8, 4) is 0 Å². The highest BCUT2D eigenvalue weighted by molar-refractivity contribution is 7.91. The number of halogens is 1. The Morgan fingerprint density at radius 2 is 1.77 bits per heavy atom. The molecular formula is C17H26ClN3O3S2. The van der Waals surface area contributed by atoms with Crippen molar-refractivity contribution >= 4 is 38.9 Å². The van der Waals surface area contributed by atoms with Gasteiger partial charge in [-0.05, 0) is 30.4 Å². The number of hydrogen-bond donors (Lipinski definition) is 0. The van der Waals surface area contributed by atoms with Gasteiger partial charge >= 0.3 is 0 Å². The van der Waals surface area contributed by atoms with Gasteiger partial charge in [0.25, 0.3) is 10.0 Å². The summed E-state index contributed by atoms with van der Waals surface area (Å²) in [5, 5.41) is 0. The lowest BCUT2D eigenvalue weighted by atomic mass is 9.92. The molecule has 9 heteroatoms. The van der Waals surface area contributed by atoms with Gasteiger partial charge < -0.3 is 4.90 Å². The molecular weight excluding hydrogens is 394 g/mol. The quantitative estimate of drug-likeness (QED) is 0.750. The summed E-state index contributed by atoms with van der Waals surface area (Å²) in [5.74, 6) is 1.33. The molecule has 0 radical (unpaired) electrons. The van der Waals surface area contributed by atoms with Gasteiger partial charge in [-0.2, -0.15) is 4.31 Å². The standard InChI is InChI=1S/C17H26ClN3O3S2/c1-13-9-14(2)11-19(10-13)12-16(22)20-5-7-21(8-6-20)26(23,24)17-4-3-15(18)25-17/h3-4,13-14H,5-12H2,1-2H3. The zero-order chi connectivity index (χ0) is 18.9. The Morgan fingerprint density at radius 3 is 2.31 bits per heavy atom. The molecule has 26 heavy (non-hydrogen) atoms. The van der Waals surface area contributed by atoms with Crippen molar-refractivity contribution in [1.82, 2.24) is 14.1 Å². The fraction of sp³-hybridized carbons (Fsp3) is 0.706. The SMILES string of the molecule is CC1CC(C)CN(CC(=O)N2CCN(S(=O)(=O)c3ccc(Cl)s3)CC2)C1. The van der Waals surface area contributed by atoms with Gasteiger partial charge in [0.1, 0.15) is 4.21 Å². The zero-order valence-corrected chi connectivity index (χ0v) is 17.6. The summed E-state index contributed by atoms with van der Waals surface area (Å²) in [6.07, 6.45) is 1.22. The van der Waals surface area contributed by atoms with Gasteiger partial charge in [0, 0.05) is 39.3 Å². The predicted molar refractivity (Wildman–Crippen MR) is 104 cm³/mol. The highest BCUT2D eigenvalue weighted by atomic mass is 35.5. The molecule has 3 rings (SSSR count). The van der Waals surface area contributed by atoms with Crippen LogP contribution in [0.2, 0.25) is 4.34 Å². The maximum atomic E-state index is 12.6. The number of likely N-dealkylation sites (tertiary alicyclic amines) is 1. The molecule has 2 atom stereocenters. The van der Waals surface area contributed by atoms with Crippen molar-refractivity contribution < 1.29 is 13.2 Å². The second kappa shape index (κ2) is 8.14. The Kier molecular flexibility index (Phi) is 6.29. The maximum Gasteiger partial charge on any atom is 0.252 e. The van der Waals surface area contributed by atoms with Crippen molar-refractivity contribution in [3.05, 3.63) is 16.5 Å². The third kappa shape index (κ3) is 4.59. The van der Waals surface area contributed by atoms with Gasteiger partial charge in [0.15, 0.2) is 0 Å². The molecule has 0 spiro atoms. The van der Waals surface area contributed by atoms with Gasteiger partial charge in [-0.25, -0.2) is 8.42 Å². The van der Waals surface area contributed by atoms with Gasteiger partial charge in [-0.3, -0.25) is 9.69 Å². The molecule has 1 aromatic rings. The first kappa shape index (κ1) is 20.1. The average molecular weight is 420 g/mol. The van der Waals surface area contributed by atoms with Crippen molar-refractivity contribution in [2.45, 2.75) is 24.5 Å². The second-order valence-electron chi connectivity index (χ2n) is 7.48. The number of thiophene rings is 1. The Bertz CT molecular complexity index is 734. The van der Waals surface area contributed by atoms with E-state index in [0.717, 1.165) is 24.4 Å². The van der Waals surface area contributed by atoms with Crippen LogP contribution in [0.25, 0.3) is 0 Å². The van der Waals surface area contributed by atoms with Crippen LogP contribution in [0.3, 0.4) is 0 Å². The van der Waals surface area contributed by atoms with E-state index in [2.05, 4.69) is 18.7 Å². The zero-order valence-electron chi connectivity index (χ0n) is 15.2. The summed E-state index contributed by atoms with van der Waals surface area (Å²) in [6, 6.07) is 3.14. The van der Waals surface area contributed by atoms with Crippen LogP contribution in [0.15, 0.2) is 16.3 Å². The first-order valence-corrected chi connectivity index (χ1v) is 11.6. The number of nitrogens with zero attached hydrogens (tertiary/aromatic N) is 3. The van der Waals surface area contributed by atoms with Gasteiger partial charge in [-0.1, -0.05) is 25.4 Å². The van der Waals surface area contributed by atoms with Gasteiger partial charge in [-0.15, -0.1) is 11.3 Å². The summed E-state index contributed by atoms with van der Waals surface area (Å²) >= 11 is 6.93. The molecule has 0 aliphatic carbocycles. The minimum Gasteiger partial charge on any atom is -0.339 e. The van der Waals surface area contributed by atoms with E-state index in [0.29, 0.717) is 48.9 Å². The van der Waals surface area contributed by atoms with E-state index in [-0.39, 0.29) is 10.1 Å². The number of sulfonamides is 1. The molecule has 2 fully saturated rings.